The Labute approximate surface area is 187 Å². The Morgan fingerprint density at radius 3 is 2.87 bits per heavy atom. The number of furan rings is 1. The number of hydrogen-bond acceptors (Lipinski definition) is 7. The molecule has 1 aliphatic heterocycles. The zero-order valence-corrected chi connectivity index (χ0v) is 18.5. The highest BCUT2D eigenvalue weighted by atomic mass is 35.5. The quantitative estimate of drug-likeness (QED) is 0.342. The summed E-state index contributed by atoms with van der Waals surface area (Å²) in [4.78, 5) is 25.8. The van der Waals surface area contributed by atoms with Crippen LogP contribution in [-0.2, 0) is 22.6 Å². The molecule has 9 heteroatoms. The molecule has 1 amide bonds. The van der Waals surface area contributed by atoms with E-state index in [4.69, 9.17) is 25.7 Å². The molecular formula is C22H19ClN4O3S. The molecule has 4 heterocycles. The molecule has 3 aromatic heterocycles. The lowest BCUT2D eigenvalue weighted by Gasteiger charge is -2.30. The average Bonchev–Trinajstić information content (AvgIpc) is 3.09. The number of nitrogens with one attached hydrogen (secondary N) is 1. The first-order valence-electron chi connectivity index (χ1n) is 9.76. The van der Waals surface area contributed by atoms with E-state index in [-0.39, 0.29) is 17.3 Å². The fraction of sp³-hybridized carbons (Fsp3) is 0.273. The summed E-state index contributed by atoms with van der Waals surface area (Å²) in [6.07, 6.45) is 2.20. The number of aromatic nitrogens is 3. The zero-order valence-electron chi connectivity index (χ0n) is 16.9. The van der Waals surface area contributed by atoms with Gasteiger partial charge in [0.15, 0.2) is 5.58 Å². The molecule has 0 radical (unpaired) electrons. The van der Waals surface area contributed by atoms with Gasteiger partial charge in [0.2, 0.25) is 11.6 Å². The fourth-order valence-corrected chi connectivity index (χ4v) is 4.39. The van der Waals surface area contributed by atoms with Gasteiger partial charge >= 0.3 is 0 Å². The molecule has 0 saturated carbocycles. The minimum Gasteiger partial charge on any atom is -0.433 e. The Morgan fingerprint density at radius 2 is 2.06 bits per heavy atom. The topological polar surface area (TPSA) is 90.1 Å². The molecule has 5 rings (SSSR count). The number of rotatable bonds is 4. The van der Waals surface area contributed by atoms with Gasteiger partial charge in [0.05, 0.1) is 29.0 Å². The van der Waals surface area contributed by atoms with Gasteiger partial charge in [-0.15, -0.1) is 0 Å². The maximum atomic E-state index is 12.3. The molecule has 0 unspecified atom stereocenters. The number of thioether (sulfide) groups is 1. The Kier molecular flexibility index (Phi) is 5.08. The molecule has 0 fully saturated rings. The molecule has 0 saturated heterocycles. The van der Waals surface area contributed by atoms with Crippen LogP contribution in [0.3, 0.4) is 0 Å². The summed E-state index contributed by atoms with van der Waals surface area (Å²) in [6.45, 7) is 4.61. The molecule has 31 heavy (non-hydrogen) atoms. The predicted octanol–water partition coefficient (Wildman–Crippen LogP) is 5.01. The number of carbonyl (C=O) groups excluding carboxylic acids is 1. The van der Waals surface area contributed by atoms with Gasteiger partial charge in [-0.25, -0.2) is 15.0 Å². The largest absolute Gasteiger partial charge is 0.433 e. The number of fused-ring (bicyclic) bond motifs is 4. The normalized spacial score (nSPS) is 15.2. The first-order valence-corrected chi connectivity index (χ1v) is 11.1. The first-order chi connectivity index (χ1) is 14.9. The number of amides is 1. The number of carbonyl (C=O) groups is 1. The van der Waals surface area contributed by atoms with Gasteiger partial charge in [-0.05, 0) is 44.2 Å². The number of hydrogen-bond donors (Lipinski definition) is 1. The maximum Gasteiger partial charge on any atom is 0.234 e. The maximum absolute atomic E-state index is 12.3. The van der Waals surface area contributed by atoms with Crippen molar-refractivity contribution in [2.45, 2.75) is 37.5 Å². The SMILES string of the molecule is CC1(C)Cc2nc3oc4c(SCC(=O)Nc5ccc(Cl)cc5)ncnc4c3cc2CO1. The van der Waals surface area contributed by atoms with Crippen LogP contribution in [0, 0.1) is 0 Å². The molecule has 1 aliphatic rings. The highest BCUT2D eigenvalue weighted by Crippen LogP contribution is 2.35. The summed E-state index contributed by atoms with van der Waals surface area (Å²) >= 11 is 7.17. The summed E-state index contributed by atoms with van der Waals surface area (Å²) in [5.74, 6) is 0.0285. The second-order valence-electron chi connectivity index (χ2n) is 7.97. The summed E-state index contributed by atoms with van der Waals surface area (Å²) in [5, 5.41) is 4.88. The molecule has 158 valence electrons. The predicted molar refractivity (Wildman–Crippen MR) is 120 cm³/mol. The van der Waals surface area contributed by atoms with Crippen molar-refractivity contribution in [2.75, 3.05) is 11.1 Å². The zero-order chi connectivity index (χ0) is 21.6. The van der Waals surface area contributed by atoms with E-state index in [0.717, 1.165) is 16.6 Å². The van der Waals surface area contributed by atoms with Crippen molar-refractivity contribution in [3.63, 3.8) is 0 Å². The summed E-state index contributed by atoms with van der Waals surface area (Å²) < 4.78 is 12.0. The highest BCUT2D eigenvalue weighted by molar-refractivity contribution is 8.00. The summed E-state index contributed by atoms with van der Waals surface area (Å²) in [5.41, 5.74) is 4.21. The molecule has 1 aromatic carbocycles. The van der Waals surface area contributed by atoms with Crippen molar-refractivity contribution in [1.82, 2.24) is 15.0 Å². The van der Waals surface area contributed by atoms with Gasteiger partial charge in [0, 0.05) is 22.7 Å². The standard InChI is InChI=1S/C22H19ClN4O3S/c1-22(2)8-16-12(9-29-22)7-15-18-19(30-20(15)27-16)21(25-11-24-18)31-10-17(28)26-14-5-3-13(23)4-6-14/h3-7,11H,8-10H2,1-2H3,(H,26,28). The van der Waals surface area contributed by atoms with E-state index in [1.807, 2.05) is 6.07 Å². The summed E-state index contributed by atoms with van der Waals surface area (Å²) in [6, 6.07) is 9.00. The second kappa shape index (κ2) is 7.78. The van der Waals surface area contributed by atoms with Crippen LogP contribution in [0.5, 0.6) is 0 Å². The van der Waals surface area contributed by atoms with Crippen LogP contribution < -0.4 is 5.32 Å². The lowest BCUT2D eigenvalue weighted by Crippen LogP contribution is -2.32. The van der Waals surface area contributed by atoms with Gasteiger partial charge in [-0.3, -0.25) is 4.79 Å². The van der Waals surface area contributed by atoms with E-state index in [1.165, 1.54) is 18.1 Å². The monoisotopic (exact) mass is 454 g/mol. The Bertz CT molecular complexity index is 1300. The summed E-state index contributed by atoms with van der Waals surface area (Å²) in [7, 11) is 0. The number of halogens is 1. The third-order valence-corrected chi connectivity index (χ3v) is 6.28. The number of pyridine rings is 1. The number of ether oxygens (including phenoxy) is 1. The molecule has 4 aromatic rings. The minimum absolute atomic E-state index is 0.150. The number of nitrogens with zero attached hydrogens (tertiary/aromatic N) is 3. The van der Waals surface area contributed by atoms with Gasteiger partial charge in [0.25, 0.3) is 0 Å². The number of anilines is 1. The second-order valence-corrected chi connectivity index (χ2v) is 9.37. The van der Waals surface area contributed by atoms with E-state index in [1.54, 1.807) is 24.3 Å². The molecule has 0 atom stereocenters. The molecular weight excluding hydrogens is 436 g/mol. The average molecular weight is 455 g/mol. The van der Waals surface area contributed by atoms with Crippen molar-refractivity contribution in [1.29, 1.82) is 0 Å². The Balaban J connectivity index is 1.40. The van der Waals surface area contributed by atoms with Crippen molar-refractivity contribution >= 4 is 57.2 Å². The van der Waals surface area contributed by atoms with E-state index in [0.29, 0.717) is 45.6 Å². The molecule has 0 aliphatic carbocycles. The van der Waals surface area contributed by atoms with Crippen molar-refractivity contribution < 1.29 is 13.9 Å². The lowest BCUT2D eigenvalue weighted by atomic mass is 9.95. The van der Waals surface area contributed by atoms with E-state index >= 15 is 0 Å². The van der Waals surface area contributed by atoms with E-state index in [2.05, 4.69) is 29.1 Å². The van der Waals surface area contributed by atoms with Crippen LogP contribution in [0.1, 0.15) is 25.1 Å². The first kappa shape index (κ1) is 20.2. The van der Waals surface area contributed by atoms with Crippen LogP contribution >= 0.6 is 23.4 Å². The van der Waals surface area contributed by atoms with Gasteiger partial charge in [-0.1, -0.05) is 23.4 Å². The molecule has 0 spiro atoms. The Hall–Kier alpha value is -2.68. The van der Waals surface area contributed by atoms with Gasteiger partial charge in [0.1, 0.15) is 16.9 Å². The fourth-order valence-electron chi connectivity index (χ4n) is 3.53. The minimum atomic E-state index is -0.252. The third-order valence-electron chi connectivity index (χ3n) is 5.06. The molecule has 1 N–H and O–H groups in total. The van der Waals surface area contributed by atoms with E-state index < -0.39 is 0 Å². The van der Waals surface area contributed by atoms with Gasteiger partial charge in [-0.2, -0.15) is 0 Å². The van der Waals surface area contributed by atoms with Crippen LogP contribution in [-0.4, -0.2) is 32.2 Å². The molecule has 0 bridgehead atoms. The smallest absolute Gasteiger partial charge is 0.234 e. The van der Waals surface area contributed by atoms with Crippen LogP contribution in [0.15, 0.2) is 46.1 Å². The van der Waals surface area contributed by atoms with E-state index in [9.17, 15) is 4.79 Å². The Morgan fingerprint density at radius 1 is 1.26 bits per heavy atom. The highest BCUT2D eigenvalue weighted by Gasteiger charge is 2.28. The number of benzene rings is 1. The van der Waals surface area contributed by atoms with Crippen LogP contribution in [0.25, 0.3) is 22.2 Å². The van der Waals surface area contributed by atoms with Crippen molar-refractivity contribution in [3.05, 3.63) is 52.9 Å². The van der Waals surface area contributed by atoms with Crippen LogP contribution in [0.2, 0.25) is 5.02 Å². The van der Waals surface area contributed by atoms with Crippen molar-refractivity contribution in [2.24, 2.45) is 0 Å². The van der Waals surface area contributed by atoms with Gasteiger partial charge < -0.3 is 14.5 Å². The molecule has 7 nitrogen and oxygen atoms in total. The van der Waals surface area contributed by atoms with Crippen LogP contribution in [0.4, 0.5) is 5.69 Å². The lowest BCUT2D eigenvalue weighted by molar-refractivity contribution is -0.113. The third kappa shape index (κ3) is 4.11. The van der Waals surface area contributed by atoms with Crippen molar-refractivity contribution in [3.8, 4) is 0 Å².